The smallest absolute Gasteiger partial charge is 0.182 e. The Morgan fingerprint density at radius 2 is 1.12 bits per heavy atom. The van der Waals surface area contributed by atoms with E-state index in [0.717, 1.165) is 22.3 Å². The largest absolute Gasteiger partial charge is 0.319 e. The fraction of sp³-hybridized carbons (Fsp3) is 0.333. The van der Waals surface area contributed by atoms with E-state index in [1.54, 1.807) is 27.7 Å². The average Bonchev–Trinajstić information content (AvgIpc) is 2.88. The number of ketones is 2. The molecular weight excluding hydrogens is 312 g/mol. The standard InChI is InChI=1S/C21H24N2O2/c1-20(2,22)18(24)12-5-7-16-14(9-12)11-15-10-13(6-8-17(15)16)19(25)21(3,4)23/h5-10H,11,22-23H2,1-4H3. The summed E-state index contributed by atoms with van der Waals surface area (Å²) in [7, 11) is 0. The normalized spacial score (nSPS) is 13.4. The van der Waals surface area contributed by atoms with E-state index >= 15 is 0 Å². The van der Waals surface area contributed by atoms with E-state index < -0.39 is 11.1 Å². The van der Waals surface area contributed by atoms with Gasteiger partial charge in [0.2, 0.25) is 0 Å². The highest BCUT2D eigenvalue weighted by Crippen LogP contribution is 2.38. The summed E-state index contributed by atoms with van der Waals surface area (Å²) in [6, 6.07) is 11.4. The van der Waals surface area contributed by atoms with Crippen molar-refractivity contribution in [1.82, 2.24) is 0 Å². The van der Waals surface area contributed by atoms with E-state index in [1.807, 2.05) is 36.4 Å². The molecule has 1 aliphatic rings. The summed E-state index contributed by atoms with van der Waals surface area (Å²) in [5, 5.41) is 0. The molecule has 0 spiro atoms. The van der Waals surface area contributed by atoms with E-state index in [4.69, 9.17) is 11.5 Å². The molecule has 0 aliphatic heterocycles. The van der Waals surface area contributed by atoms with Crippen molar-refractivity contribution in [3.8, 4) is 11.1 Å². The third kappa shape index (κ3) is 3.15. The molecule has 4 N–H and O–H groups in total. The fourth-order valence-electron chi connectivity index (χ4n) is 3.24. The first kappa shape index (κ1) is 17.5. The first-order valence-corrected chi connectivity index (χ1v) is 8.42. The van der Waals surface area contributed by atoms with Gasteiger partial charge in [-0.05, 0) is 68.5 Å². The molecule has 25 heavy (non-hydrogen) atoms. The van der Waals surface area contributed by atoms with Crippen LogP contribution < -0.4 is 11.5 Å². The summed E-state index contributed by atoms with van der Waals surface area (Å²) in [6.07, 6.45) is 0.697. The van der Waals surface area contributed by atoms with Gasteiger partial charge in [-0.1, -0.05) is 24.3 Å². The number of Topliss-reactive ketones (excluding diaryl/α,β-unsaturated/α-hetero) is 2. The first-order valence-electron chi connectivity index (χ1n) is 8.42. The van der Waals surface area contributed by atoms with Gasteiger partial charge in [-0.3, -0.25) is 9.59 Å². The maximum atomic E-state index is 12.4. The third-order valence-electron chi connectivity index (χ3n) is 4.58. The quantitative estimate of drug-likeness (QED) is 0.717. The number of hydrogen-bond donors (Lipinski definition) is 2. The van der Waals surface area contributed by atoms with Crippen LogP contribution in [0.5, 0.6) is 0 Å². The van der Waals surface area contributed by atoms with Gasteiger partial charge in [0.05, 0.1) is 11.1 Å². The van der Waals surface area contributed by atoms with Crippen LogP contribution in [0, 0.1) is 0 Å². The van der Waals surface area contributed by atoms with Crippen LogP contribution in [0.25, 0.3) is 11.1 Å². The lowest BCUT2D eigenvalue weighted by Crippen LogP contribution is -2.41. The van der Waals surface area contributed by atoms with Crippen molar-refractivity contribution in [2.75, 3.05) is 0 Å². The Kier molecular flexibility index (Phi) is 3.93. The Bertz CT molecular complexity index is 810. The second kappa shape index (κ2) is 5.61. The van der Waals surface area contributed by atoms with Crippen LogP contribution in [0.4, 0.5) is 0 Å². The highest BCUT2D eigenvalue weighted by Gasteiger charge is 2.28. The van der Waals surface area contributed by atoms with Crippen molar-refractivity contribution in [2.24, 2.45) is 11.5 Å². The van der Waals surface area contributed by atoms with Crippen LogP contribution in [0.2, 0.25) is 0 Å². The van der Waals surface area contributed by atoms with Gasteiger partial charge >= 0.3 is 0 Å². The highest BCUT2D eigenvalue weighted by molar-refractivity contribution is 6.04. The van der Waals surface area contributed by atoms with Gasteiger partial charge in [-0.25, -0.2) is 0 Å². The van der Waals surface area contributed by atoms with Gasteiger partial charge in [0, 0.05) is 11.1 Å². The zero-order chi connectivity index (χ0) is 18.6. The molecule has 0 unspecified atom stereocenters. The van der Waals surface area contributed by atoms with Gasteiger partial charge in [-0.2, -0.15) is 0 Å². The van der Waals surface area contributed by atoms with Crippen LogP contribution in [-0.4, -0.2) is 22.6 Å². The van der Waals surface area contributed by atoms with E-state index in [1.165, 1.54) is 0 Å². The van der Waals surface area contributed by atoms with Gasteiger partial charge in [0.15, 0.2) is 11.6 Å². The first-order chi connectivity index (χ1) is 11.5. The molecule has 0 heterocycles. The Morgan fingerprint density at radius 3 is 1.44 bits per heavy atom. The molecule has 0 radical (unpaired) electrons. The molecule has 3 rings (SSSR count). The van der Waals surface area contributed by atoms with Crippen LogP contribution >= 0.6 is 0 Å². The summed E-state index contributed by atoms with van der Waals surface area (Å²) >= 11 is 0. The Hall–Kier alpha value is -2.30. The second-order valence-electron chi connectivity index (χ2n) is 8.02. The van der Waals surface area contributed by atoms with Gasteiger partial charge in [-0.15, -0.1) is 0 Å². The summed E-state index contributed by atoms with van der Waals surface area (Å²) in [5.74, 6) is -0.154. The van der Waals surface area contributed by atoms with E-state index in [0.29, 0.717) is 17.5 Å². The minimum absolute atomic E-state index is 0.0768. The van der Waals surface area contributed by atoms with E-state index in [-0.39, 0.29) is 11.6 Å². The lowest BCUT2D eigenvalue weighted by atomic mass is 9.91. The maximum Gasteiger partial charge on any atom is 0.182 e. The van der Waals surface area contributed by atoms with Gasteiger partial charge in [0.1, 0.15) is 0 Å². The number of hydrogen-bond acceptors (Lipinski definition) is 4. The summed E-state index contributed by atoms with van der Waals surface area (Å²) < 4.78 is 0. The predicted molar refractivity (Wildman–Crippen MR) is 99.9 cm³/mol. The summed E-state index contributed by atoms with van der Waals surface area (Å²) in [4.78, 5) is 24.8. The molecule has 130 valence electrons. The summed E-state index contributed by atoms with van der Waals surface area (Å²) in [5.41, 5.74) is 15.7. The lowest BCUT2D eigenvalue weighted by molar-refractivity contribution is 0.0907. The summed E-state index contributed by atoms with van der Waals surface area (Å²) in [6.45, 7) is 6.85. The number of benzene rings is 2. The highest BCUT2D eigenvalue weighted by atomic mass is 16.1. The monoisotopic (exact) mass is 336 g/mol. The number of nitrogens with two attached hydrogens (primary N) is 2. The van der Waals surface area contributed by atoms with E-state index in [9.17, 15) is 9.59 Å². The fourth-order valence-corrected chi connectivity index (χ4v) is 3.24. The van der Waals surface area contributed by atoms with Crippen molar-refractivity contribution < 1.29 is 9.59 Å². The van der Waals surface area contributed by atoms with Gasteiger partial charge in [0.25, 0.3) is 0 Å². The number of rotatable bonds is 4. The second-order valence-corrected chi connectivity index (χ2v) is 8.02. The Balaban J connectivity index is 1.98. The lowest BCUT2D eigenvalue weighted by Gasteiger charge is -2.17. The maximum absolute atomic E-state index is 12.4. The van der Waals surface area contributed by atoms with Crippen LogP contribution in [-0.2, 0) is 6.42 Å². The molecule has 1 aliphatic carbocycles. The number of carbonyl (C=O) groups excluding carboxylic acids is 2. The van der Waals surface area contributed by atoms with Crippen molar-refractivity contribution in [3.63, 3.8) is 0 Å². The zero-order valence-corrected chi connectivity index (χ0v) is 15.1. The molecule has 4 nitrogen and oxygen atoms in total. The molecule has 0 saturated heterocycles. The van der Waals surface area contributed by atoms with Crippen molar-refractivity contribution >= 4 is 11.6 Å². The molecule has 0 aromatic heterocycles. The number of carbonyl (C=O) groups is 2. The SMILES string of the molecule is CC(C)(N)C(=O)c1ccc2c(c1)Cc1cc(C(=O)C(C)(C)N)ccc1-2. The van der Waals surface area contributed by atoms with Crippen molar-refractivity contribution in [2.45, 2.75) is 45.2 Å². The molecule has 0 saturated carbocycles. The van der Waals surface area contributed by atoms with Crippen LogP contribution in [0.3, 0.4) is 0 Å². The molecule has 0 atom stereocenters. The third-order valence-corrected chi connectivity index (χ3v) is 4.58. The minimum Gasteiger partial charge on any atom is -0.319 e. The van der Waals surface area contributed by atoms with Crippen molar-refractivity contribution in [3.05, 3.63) is 58.7 Å². The average molecular weight is 336 g/mol. The number of fused-ring (bicyclic) bond motifs is 3. The topological polar surface area (TPSA) is 86.2 Å². The van der Waals surface area contributed by atoms with Crippen LogP contribution in [0.1, 0.15) is 59.5 Å². The molecule has 0 amide bonds. The molecule has 4 heteroatoms. The minimum atomic E-state index is -0.897. The van der Waals surface area contributed by atoms with Gasteiger partial charge < -0.3 is 11.5 Å². The molecule has 2 aromatic carbocycles. The molecule has 0 bridgehead atoms. The Morgan fingerprint density at radius 1 is 0.760 bits per heavy atom. The molecular formula is C21H24N2O2. The molecule has 0 fully saturated rings. The molecule has 2 aromatic rings. The van der Waals surface area contributed by atoms with Crippen molar-refractivity contribution in [1.29, 1.82) is 0 Å². The predicted octanol–water partition coefficient (Wildman–Crippen LogP) is 3.10. The Labute approximate surface area is 148 Å². The zero-order valence-electron chi connectivity index (χ0n) is 15.1. The van der Waals surface area contributed by atoms with Crippen LogP contribution in [0.15, 0.2) is 36.4 Å². The van der Waals surface area contributed by atoms with E-state index in [2.05, 4.69) is 0 Å².